The molecule has 0 unspecified atom stereocenters. The first-order valence-corrected chi connectivity index (χ1v) is 10.3. The van der Waals surface area contributed by atoms with Crippen molar-refractivity contribution < 1.29 is 4.74 Å². The van der Waals surface area contributed by atoms with Crippen molar-refractivity contribution in [1.29, 1.82) is 0 Å². The van der Waals surface area contributed by atoms with Crippen LogP contribution in [-0.2, 0) is 4.74 Å². The van der Waals surface area contributed by atoms with E-state index >= 15 is 0 Å². The lowest BCUT2D eigenvalue weighted by Gasteiger charge is -2.32. The van der Waals surface area contributed by atoms with Gasteiger partial charge >= 0.3 is 0 Å². The second-order valence-corrected chi connectivity index (χ2v) is 8.18. The van der Waals surface area contributed by atoms with Gasteiger partial charge in [0, 0.05) is 32.3 Å². The molecule has 1 radical (unpaired) electrons. The largest absolute Gasteiger partial charge is 0.381 e. The molecule has 2 heterocycles. The summed E-state index contributed by atoms with van der Waals surface area (Å²) in [6.07, 6.45) is 18.1. The number of hydrogen-bond acceptors (Lipinski definition) is 2. The zero-order chi connectivity index (χ0) is 20.7. The summed E-state index contributed by atoms with van der Waals surface area (Å²) >= 11 is 0. The van der Waals surface area contributed by atoms with Crippen LogP contribution in [0.2, 0.25) is 0 Å². The molecule has 149 valence electrons. The second kappa shape index (κ2) is 9.72. The number of hydrogen-bond donors (Lipinski definition) is 0. The molecule has 0 N–H and O–H groups in total. The highest BCUT2D eigenvalue weighted by molar-refractivity contribution is 5.88. The van der Waals surface area contributed by atoms with E-state index in [1.807, 2.05) is 12.3 Å². The van der Waals surface area contributed by atoms with Crippen LogP contribution in [0.25, 0.3) is 24.3 Å². The zero-order valence-corrected chi connectivity index (χ0v) is 17.6. The van der Waals surface area contributed by atoms with Crippen LogP contribution < -0.4 is 21.0 Å². The van der Waals surface area contributed by atoms with Crippen molar-refractivity contribution in [2.45, 2.75) is 39.5 Å². The lowest BCUT2D eigenvalue weighted by atomic mass is 9.78. The molecule has 0 spiro atoms. The lowest BCUT2D eigenvalue weighted by molar-refractivity contribution is 0.0205. The van der Waals surface area contributed by atoms with Gasteiger partial charge in [-0.25, -0.2) is 0 Å². The van der Waals surface area contributed by atoms with Gasteiger partial charge in [-0.15, -0.1) is 12.3 Å². The first kappa shape index (κ1) is 21.1. The van der Waals surface area contributed by atoms with Crippen molar-refractivity contribution in [2.24, 2.45) is 5.41 Å². The maximum absolute atomic E-state index is 5.29. The Morgan fingerprint density at radius 1 is 1.21 bits per heavy atom. The van der Waals surface area contributed by atoms with Crippen LogP contribution in [0.4, 0.5) is 0 Å². The Hall–Kier alpha value is -2.63. The third kappa shape index (κ3) is 5.68. The second-order valence-electron chi connectivity index (χ2n) is 8.18. The van der Waals surface area contributed by atoms with Gasteiger partial charge in [0.2, 0.25) is 0 Å². The molecule has 0 saturated carbocycles. The Kier molecular flexibility index (Phi) is 7.07. The number of aromatic nitrogens is 1. The monoisotopic (exact) mass is 384 g/mol. The summed E-state index contributed by atoms with van der Waals surface area (Å²) in [5.41, 5.74) is 2.88. The summed E-state index contributed by atoms with van der Waals surface area (Å²) in [4.78, 5) is 4.29. The summed E-state index contributed by atoms with van der Waals surface area (Å²) in [5, 5.41) is 4.51. The van der Waals surface area contributed by atoms with Gasteiger partial charge in [0.1, 0.15) is 0 Å². The molecule has 29 heavy (non-hydrogen) atoms. The number of pyridine rings is 1. The SMILES string of the molecule is C#CCCC1(C)CCOCC1.C=c1cc(C)/c(=C2\[CH]C=c3ccccc3=C2)cn1. The van der Waals surface area contributed by atoms with Crippen LogP contribution in [0.5, 0.6) is 0 Å². The fourth-order valence-corrected chi connectivity index (χ4v) is 3.76. The van der Waals surface area contributed by atoms with Crippen molar-refractivity contribution in [3.8, 4) is 12.3 Å². The minimum Gasteiger partial charge on any atom is -0.381 e. The third-order valence-corrected chi connectivity index (χ3v) is 5.80. The average molecular weight is 385 g/mol. The first-order chi connectivity index (χ1) is 14.0. The number of benzene rings is 1. The molecule has 1 aliphatic heterocycles. The number of aryl methyl sites for hydroxylation is 1. The van der Waals surface area contributed by atoms with Crippen LogP contribution in [0, 0.1) is 31.1 Å². The highest BCUT2D eigenvalue weighted by Gasteiger charge is 2.26. The predicted octanol–water partition coefficient (Wildman–Crippen LogP) is 2.65. The minimum absolute atomic E-state index is 0.463. The molecule has 1 fully saturated rings. The number of terminal acetylenes is 1. The van der Waals surface area contributed by atoms with Crippen molar-refractivity contribution in [2.75, 3.05) is 13.2 Å². The van der Waals surface area contributed by atoms with E-state index in [9.17, 15) is 0 Å². The Bertz CT molecular complexity index is 1110. The molecule has 2 nitrogen and oxygen atoms in total. The van der Waals surface area contributed by atoms with Crippen LogP contribution in [-0.4, -0.2) is 18.2 Å². The summed E-state index contributed by atoms with van der Waals surface area (Å²) in [5.74, 6) is 2.70. The van der Waals surface area contributed by atoms with Gasteiger partial charge < -0.3 is 4.74 Å². The predicted molar refractivity (Wildman–Crippen MR) is 122 cm³/mol. The van der Waals surface area contributed by atoms with Crippen molar-refractivity contribution in [3.05, 3.63) is 69.5 Å². The summed E-state index contributed by atoms with van der Waals surface area (Å²) in [7, 11) is 0. The molecular weight excluding hydrogens is 354 g/mol. The van der Waals surface area contributed by atoms with Crippen LogP contribution in [0.15, 0.2) is 36.5 Å². The number of fused-ring (bicyclic) bond motifs is 1. The van der Waals surface area contributed by atoms with Crippen LogP contribution >= 0.6 is 0 Å². The fraction of sp³-hybridized carbons (Fsp3) is 0.333. The van der Waals surface area contributed by atoms with Gasteiger partial charge in [-0.3, -0.25) is 4.98 Å². The Morgan fingerprint density at radius 2 is 1.93 bits per heavy atom. The van der Waals surface area contributed by atoms with E-state index in [0.29, 0.717) is 5.41 Å². The average Bonchev–Trinajstić information content (AvgIpc) is 2.73. The molecule has 1 aromatic carbocycles. The van der Waals surface area contributed by atoms with Crippen LogP contribution in [0.3, 0.4) is 0 Å². The highest BCUT2D eigenvalue weighted by Crippen LogP contribution is 2.34. The Morgan fingerprint density at radius 3 is 2.62 bits per heavy atom. The molecule has 0 bridgehead atoms. The minimum atomic E-state index is 0.463. The lowest BCUT2D eigenvalue weighted by Crippen LogP contribution is -2.28. The first-order valence-electron chi connectivity index (χ1n) is 10.3. The van der Waals surface area contributed by atoms with E-state index in [2.05, 4.69) is 74.2 Å². The van der Waals surface area contributed by atoms with Crippen molar-refractivity contribution in [3.63, 3.8) is 0 Å². The maximum Gasteiger partial charge on any atom is 0.0560 e. The normalized spacial score (nSPS) is 18.8. The molecular formula is C27H30NO. The number of rotatable bonds is 2. The van der Waals surface area contributed by atoms with Gasteiger partial charge in [0.25, 0.3) is 0 Å². The summed E-state index contributed by atoms with van der Waals surface area (Å²) in [6, 6.07) is 10.4. The maximum atomic E-state index is 5.29. The van der Waals surface area contributed by atoms with Gasteiger partial charge in [-0.2, -0.15) is 0 Å². The van der Waals surface area contributed by atoms with Gasteiger partial charge in [0.05, 0.1) is 5.35 Å². The van der Waals surface area contributed by atoms with E-state index in [1.54, 1.807) is 0 Å². The Labute approximate surface area is 174 Å². The smallest absolute Gasteiger partial charge is 0.0560 e. The quantitative estimate of drug-likeness (QED) is 0.743. The van der Waals surface area contributed by atoms with Crippen molar-refractivity contribution in [1.82, 2.24) is 4.98 Å². The number of ether oxygens (including phenoxy) is 1. The Balaban J connectivity index is 0.000000188. The van der Waals surface area contributed by atoms with Gasteiger partial charge in [-0.05, 0) is 70.5 Å². The molecule has 2 aliphatic rings. The molecule has 0 atom stereocenters. The van der Waals surface area contributed by atoms with Gasteiger partial charge in [-0.1, -0.05) is 43.8 Å². The van der Waals surface area contributed by atoms with E-state index in [-0.39, 0.29) is 0 Å². The molecule has 2 aromatic rings. The molecule has 1 aliphatic carbocycles. The highest BCUT2D eigenvalue weighted by atomic mass is 16.5. The molecule has 1 saturated heterocycles. The van der Waals surface area contributed by atoms with E-state index in [0.717, 1.165) is 31.4 Å². The third-order valence-electron chi connectivity index (χ3n) is 5.80. The molecule has 0 amide bonds. The van der Waals surface area contributed by atoms with E-state index in [1.165, 1.54) is 39.6 Å². The van der Waals surface area contributed by atoms with Crippen LogP contribution in [0.1, 0.15) is 38.2 Å². The standard InChI is InChI=1S/C17H14N.C10H16O/c1-12-9-13(2)18-11-17(12)16-8-7-14-5-3-4-6-15(14)10-16;1-3-4-5-10(2)6-8-11-9-7-10/h3-11H,2H2,1H3;1H,4-9H2,2H3/b17-16+;. The molecule has 4 rings (SSSR count). The van der Waals surface area contributed by atoms with Crippen molar-refractivity contribution >= 4 is 24.3 Å². The van der Waals surface area contributed by atoms with E-state index in [4.69, 9.17) is 11.2 Å². The van der Waals surface area contributed by atoms with E-state index < -0.39 is 0 Å². The van der Waals surface area contributed by atoms with Gasteiger partial charge in [0.15, 0.2) is 0 Å². The number of nitrogens with zero attached hydrogens (tertiary/aromatic N) is 1. The summed E-state index contributed by atoms with van der Waals surface area (Å²) in [6.45, 7) is 10.1. The fourth-order valence-electron chi connectivity index (χ4n) is 3.76. The molecule has 2 heteroatoms. The summed E-state index contributed by atoms with van der Waals surface area (Å²) < 4.78 is 5.29. The zero-order valence-electron chi connectivity index (χ0n) is 17.6. The molecule has 1 aromatic heterocycles. The topological polar surface area (TPSA) is 22.1 Å².